The van der Waals surface area contributed by atoms with Crippen molar-refractivity contribution in [2.45, 2.75) is 76.0 Å². The lowest BCUT2D eigenvalue weighted by molar-refractivity contribution is 0.326. The fraction of sp³-hybridized carbons (Fsp3) is 0.200. The van der Waals surface area contributed by atoms with Crippen LogP contribution < -0.4 is 4.74 Å². The summed E-state index contributed by atoms with van der Waals surface area (Å²) in [6, 6.07) is 73.4. The lowest BCUT2D eigenvalue weighted by atomic mass is 9.70. The van der Waals surface area contributed by atoms with E-state index in [1.807, 2.05) is 0 Å². The van der Waals surface area contributed by atoms with Crippen LogP contribution in [0.2, 0.25) is 0 Å². The largest absolute Gasteiger partial charge is 0.493 e. The molecule has 0 aromatic heterocycles. The first kappa shape index (κ1) is 40.5. The first-order chi connectivity index (χ1) is 32.4. The molecule has 12 rings (SSSR count). The Kier molecular flexibility index (Phi) is 10.1. The predicted molar refractivity (Wildman–Crippen MR) is 276 cm³/mol. The van der Waals surface area contributed by atoms with Crippen molar-refractivity contribution >= 4 is 10.8 Å². The Hall–Kier alpha value is -6.96. The van der Waals surface area contributed by atoms with E-state index in [1.165, 1.54) is 105 Å². The van der Waals surface area contributed by atoms with Gasteiger partial charge in [0.2, 0.25) is 0 Å². The highest BCUT2D eigenvalue weighted by Crippen LogP contribution is 2.55. The second-order valence-corrected chi connectivity index (χ2v) is 19.8. The molecule has 0 bridgehead atoms. The Morgan fingerprint density at radius 3 is 2.12 bits per heavy atom. The summed E-state index contributed by atoms with van der Waals surface area (Å²) in [5, 5.41) is 2.77. The molecule has 1 nitrogen and oxygen atoms in total. The minimum atomic E-state index is -0.137. The van der Waals surface area contributed by atoms with Crippen LogP contribution in [0.5, 0.6) is 5.75 Å². The molecule has 0 N–H and O–H groups in total. The van der Waals surface area contributed by atoms with Crippen LogP contribution in [-0.4, -0.2) is 6.61 Å². The summed E-state index contributed by atoms with van der Waals surface area (Å²) in [7, 11) is 0. The number of rotatable bonds is 9. The molecule has 3 aliphatic rings. The highest BCUT2D eigenvalue weighted by atomic mass is 16.5. The SMILES string of the molecule is CC(c1ccc2c(c1)C(C)(C)c1cc(CCC(Cc3ccc4c(c3)-c3ccccc3OCC4)c3ccccc3)c3ccccc3c1-2)C1Cc2cccc(-c3ccccc3)c2-c2ccccc21. The van der Waals surface area contributed by atoms with E-state index in [0.717, 1.165) is 37.9 Å². The van der Waals surface area contributed by atoms with Gasteiger partial charge in [0.05, 0.1) is 6.61 Å². The topological polar surface area (TPSA) is 9.23 Å². The molecule has 0 saturated carbocycles. The first-order valence-corrected chi connectivity index (χ1v) is 24.3. The Bertz CT molecular complexity index is 3280. The predicted octanol–water partition coefficient (Wildman–Crippen LogP) is 16.5. The van der Waals surface area contributed by atoms with Crippen LogP contribution >= 0.6 is 0 Å². The van der Waals surface area contributed by atoms with Crippen molar-refractivity contribution in [3.63, 3.8) is 0 Å². The highest BCUT2D eigenvalue weighted by Gasteiger charge is 2.39. The van der Waals surface area contributed by atoms with Crippen molar-refractivity contribution in [2.24, 2.45) is 0 Å². The van der Waals surface area contributed by atoms with Crippen molar-refractivity contribution in [3.05, 3.63) is 244 Å². The lowest BCUT2D eigenvalue weighted by Crippen LogP contribution is -2.19. The third kappa shape index (κ3) is 6.91. The maximum atomic E-state index is 6.19. The Labute approximate surface area is 390 Å². The third-order valence-corrected chi connectivity index (χ3v) is 15.7. The molecular formula is C65H56O. The highest BCUT2D eigenvalue weighted by molar-refractivity contribution is 6.04. The van der Waals surface area contributed by atoms with Crippen LogP contribution in [0.3, 0.4) is 0 Å². The number of para-hydroxylation sites is 1. The summed E-state index contributed by atoms with van der Waals surface area (Å²) < 4.78 is 6.19. The maximum Gasteiger partial charge on any atom is 0.127 e. The summed E-state index contributed by atoms with van der Waals surface area (Å²) >= 11 is 0. The van der Waals surface area contributed by atoms with E-state index in [2.05, 4.69) is 215 Å². The standard InChI is InChI=1S/C65H56O/c1-42(58-39-50-21-16-27-52(45-19-8-5-9-20-45)63(50)56-26-13-11-23-53(56)58)47-33-34-57-60(40-47)65(2,3)61-41-49(51-22-10-12-25-55(51)64(57)61)32-31-48(44-17-6-4-7-18-44)37-43-29-30-46-35-36-66-62-28-15-14-24-54(62)59(46)38-43/h4-30,33-34,38,40-42,48,58H,31-32,35-37,39H2,1-3H3. The minimum absolute atomic E-state index is 0.137. The molecule has 1 heteroatoms. The van der Waals surface area contributed by atoms with Gasteiger partial charge in [-0.25, -0.2) is 0 Å². The van der Waals surface area contributed by atoms with Crippen molar-refractivity contribution < 1.29 is 4.74 Å². The summed E-state index contributed by atoms with van der Waals surface area (Å²) in [6.07, 6.45) is 5.03. The van der Waals surface area contributed by atoms with Crippen molar-refractivity contribution in [3.8, 4) is 50.3 Å². The molecule has 1 aliphatic heterocycles. The number of benzene rings is 9. The fourth-order valence-corrected chi connectivity index (χ4v) is 12.2. The number of ether oxygens (including phenoxy) is 1. The van der Waals surface area contributed by atoms with E-state index in [9.17, 15) is 0 Å². The number of aryl methyl sites for hydroxylation is 1. The first-order valence-electron chi connectivity index (χ1n) is 24.3. The van der Waals surface area contributed by atoms with Crippen LogP contribution in [0.4, 0.5) is 0 Å². The number of hydrogen-bond acceptors (Lipinski definition) is 1. The molecule has 3 atom stereocenters. The molecule has 0 spiro atoms. The second kappa shape index (κ2) is 16.5. The molecule has 322 valence electrons. The fourth-order valence-electron chi connectivity index (χ4n) is 12.2. The molecule has 0 saturated heterocycles. The van der Waals surface area contributed by atoms with Crippen molar-refractivity contribution in [1.82, 2.24) is 0 Å². The Morgan fingerprint density at radius 1 is 0.545 bits per heavy atom. The zero-order valence-corrected chi connectivity index (χ0v) is 38.4. The van der Waals surface area contributed by atoms with Crippen LogP contribution in [-0.2, 0) is 31.1 Å². The monoisotopic (exact) mass is 852 g/mol. The van der Waals surface area contributed by atoms with Crippen molar-refractivity contribution in [1.29, 1.82) is 0 Å². The minimum Gasteiger partial charge on any atom is -0.493 e. The van der Waals surface area contributed by atoms with Crippen LogP contribution in [0, 0.1) is 0 Å². The van der Waals surface area contributed by atoms with E-state index in [4.69, 9.17) is 4.74 Å². The summed E-state index contributed by atoms with van der Waals surface area (Å²) in [5.41, 5.74) is 23.5. The number of fused-ring (bicyclic) bond motifs is 11. The molecule has 9 aromatic rings. The van der Waals surface area contributed by atoms with E-state index in [-0.39, 0.29) is 5.41 Å². The van der Waals surface area contributed by atoms with Gasteiger partial charge in [0.25, 0.3) is 0 Å². The van der Waals surface area contributed by atoms with Crippen LogP contribution in [0.1, 0.15) is 95.0 Å². The molecule has 66 heavy (non-hydrogen) atoms. The van der Waals surface area contributed by atoms with Crippen molar-refractivity contribution in [2.75, 3.05) is 6.61 Å². The van der Waals surface area contributed by atoms with Gasteiger partial charge >= 0.3 is 0 Å². The summed E-state index contributed by atoms with van der Waals surface area (Å²) in [5.74, 6) is 2.09. The zero-order valence-electron chi connectivity index (χ0n) is 38.4. The van der Waals surface area contributed by atoms with Crippen LogP contribution in [0.15, 0.2) is 194 Å². The quantitative estimate of drug-likeness (QED) is 0.141. The molecular weight excluding hydrogens is 797 g/mol. The molecule has 3 unspecified atom stereocenters. The summed E-state index contributed by atoms with van der Waals surface area (Å²) in [6.45, 7) is 8.13. The van der Waals surface area contributed by atoms with E-state index >= 15 is 0 Å². The average Bonchev–Trinajstić information content (AvgIpc) is 3.46. The number of hydrogen-bond donors (Lipinski definition) is 0. The molecule has 2 aliphatic carbocycles. The average molecular weight is 853 g/mol. The molecule has 0 radical (unpaired) electrons. The van der Waals surface area contributed by atoms with E-state index in [0.29, 0.717) is 24.4 Å². The van der Waals surface area contributed by atoms with Gasteiger partial charge < -0.3 is 4.74 Å². The molecule has 0 amide bonds. The Balaban J connectivity index is 0.867. The van der Waals surface area contributed by atoms with Gasteiger partial charge in [0.1, 0.15) is 5.75 Å². The smallest absolute Gasteiger partial charge is 0.127 e. The van der Waals surface area contributed by atoms with Gasteiger partial charge in [0.15, 0.2) is 0 Å². The molecule has 0 fully saturated rings. The van der Waals surface area contributed by atoms with Gasteiger partial charge in [-0.1, -0.05) is 209 Å². The van der Waals surface area contributed by atoms with E-state index < -0.39 is 0 Å². The van der Waals surface area contributed by atoms with Gasteiger partial charge in [-0.05, 0) is 149 Å². The third-order valence-electron chi connectivity index (χ3n) is 15.7. The molecule has 1 heterocycles. The lowest BCUT2D eigenvalue weighted by Gasteiger charge is -2.34. The van der Waals surface area contributed by atoms with Gasteiger partial charge in [-0.2, -0.15) is 0 Å². The van der Waals surface area contributed by atoms with Gasteiger partial charge in [-0.15, -0.1) is 0 Å². The van der Waals surface area contributed by atoms with Crippen LogP contribution in [0.25, 0.3) is 55.3 Å². The summed E-state index contributed by atoms with van der Waals surface area (Å²) in [4.78, 5) is 0. The normalized spacial score (nSPS) is 16.1. The van der Waals surface area contributed by atoms with Gasteiger partial charge in [-0.3, -0.25) is 0 Å². The van der Waals surface area contributed by atoms with E-state index in [1.54, 1.807) is 0 Å². The maximum absolute atomic E-state index is 6.19. The second-order valence-electron chi connectivity index (χ2n) is 19.8. The molecule has 9 aromatic carbocycles. The zero-order chi connectivity index (χ0) is 44.4. The Morgan fingerprint density at radius 2 is 1.27 bits per heavy atom. The van der Waals surface area contributed by atoms with Gasteiger partial charge in [0, 0.05) is 17.4 Å².